The smallest absolute Gasteiger partial charge is 0.337 e. The van der Waals surface area contributed by atoms with Crippen molar-refractivity contribution in [2.45, 2.75) is 12.0 Å². The van der Waals surface area contributed by atoms with Gasteiger partial charge in [0, 0.05) is 13.0 Å². The number of anilines is 1. The Bertz CT molecular complexity index is 423. The highest BCUT2D eigenvalue weighted by atomic mass is 35.5. The Morgan fingerprint density at radius 3 is 2.69 bits per heavy atom. The fourth-order valence-corrected chi connectivity index (χ4v) is 2.14. The summed E-state index contributed by atoms with van der Waals surface area (Å²) in [5.41, 5.74) is -0.888. The minimum atomic E-state index is -1.65. The fourth-order valence-electron chi connectivity index (χ4n) is 1.88. The maximum absolute atomic E-state index is 10.9. The third-order valence-corrected chi connectivity index (χ3v) is 3.16. The molecule has 0 spiro atoms. The molecule has 1 aliphatic rings. The van der Waals surface area contributed by atoms with E-state index in [4.69, 9.17) is 16.7 Å². The largest absolute Gasteiger partial charge is 0.479 e. The first kappa shape index (κ1) is 11.2. The third kappa shape index (κ3) is 1.86. The predicted molar refractivity (Wildman–Crippen MR) is 60.9 cm³/mol. The second-order valence-corrected chi connectivity index (χ2v) is 4.37. The zero-order valence-electron chi connectivity index (χ0n) is 8.56. The predicted octanol–water partition coefficient (Wildman–Crippen LogP) is 1.37. The highest BCUT2D eigenvalue weighted by Crippen LogP contribution is 2.31. The van der Waals surface area contributed by atoms with E-state index in [1.807, 2.05) is 18.2 Å². The average molecular weight is 242 g/mol. The van der Waals surface area contributed by atoms with Gasteiger partial charge in [-0.3, -0.25) is 0 Å². The van der Waals surface area contributed by atoms with Crippen molar-refractivity contribution in [3.05, 3.63) is 29.3 Å². The molecule has 0 aliphatic carbocycles. The zero-order valence-corrected chi connectivity index (χ0v) is 9.31. The van der Waals surface area contributed by atoms with Gasteiger partial charge in [-0.1, -0.05) is 23.7 Å². The van der Waals surface area contributed by atoms with Crippen molar-refractivity contribution in [2.24, 2.45) is 0 Å². The first-order valence-electron chi connectivity index (χ1n) is 4.98. The van der Waals surface area contributed by atoms with Crippen LogP contribution < -0.4 is 4.90 Å². The molecule has 1 aliphatic heterocycles. The van der Waals surface area contributed by atoms with E-state index in [2.05, 4.69) is 0 Å². The van der Waals surface area contributed by atoms with Gasteiger partial charge in [0.15, 0.2) is 5.60 Å². The summed E-state index contributed by atoms with van der Waals surface area (Å²) in [6.45, 7) is 0.568. The molecular weight excluding hydrogens is 230 g/mol. The molecule has 5 heteroatoms. The number of para-hydroxylation sites is 1. The number of aliphatic carboxylic acids is 1. The molecule has 1 fully saturated rings. The third-order valence-electron chi connectivity index (χ3n) is 2.84. The number of carboxylic acids is 1. The minimum Gasteiger partial charge on any atom is -0.479 e. The van der Waals surface area contributed by atoms with Gasteiger partial charge in [-0.2, -0.15) is 0 Å². The second kappa shape index (κ2) is 3.96. The van der Waals surface area contributed by atoms with Crippen molar-refractivity contribution >= 4 is 23.3 Å². The molecule has 16 heavy (non-hydrogen) atoms. The molecule has 1 unspecified atom stereocenters. The van der Waals surface area contributed by atoms with Gasteiger partial charge in [-0.15, -0.1) is 0 Å². The molecule has 1 heterocycles. The van der Waals surface area contributed by atoms with Crippen LogP contribution in [-0.4, -0.2) is 34.9 Å². The van der Waals surface area contributed by atoms with Gasteiger partial charge >= 0.3 is 5.97 Å². The van der Waals surface area contributed by atoms with Gasteiger partial charge < -0.3 is 15.1 Å². The molecule has 1 aromatic carbocycles. The summed E-state index contributed by atoms with van der Waals surface area (Å²) in [5.74, 6) is -1.18. The van der Waals surface area contributed by atoms with Crippen LogP contribution in [0.2, 0.25) is 5.02 Å². The quantitative estimate of drug-likeness (QED) is 0.821. The Balaban J connectivity index is 2.22. The molecule has 2 N–H and O–H groups in total. The number of halogens is 1. The molecule has 0 aromatic heterocycles. The number of β-amino-alcohol motifs (C(OH)–C–C–N with tert-alkyl or cyclic N) is 1. The molecule has 86 valence electrons. The molecule has 0 amide bonds. The highest BCUT2D eigenvalue weighted by molar-refractivity contribution is 6.33. The number of aliphatic hydroxyl groups is 1. The van der Waals surface area contributed by atoms with Crippen LogP contribution in [0.4, 0.5) is 5.69 Å². The normalized spacial score (nSPS) is 24.8. The molecule has 1 atom stereocenters. The lowest BCUT2D eigenvalue weighted by molar-refractivity contribution is -0.156. The molecule has 1 aromatic rings. The van der Waals surface area contributed by atoms with E-state index in [0.29, 0.717) is 11.6 Å². The number of rotatable bonds is 2. The molecule has 0 saturated carbocycles. The van der Waals surface area contributed by atoms with E-state index >= 15 is 0 Å². The van der Waals surface area contributed by atoms with E-state index in [1.165, 1.54) is 0 Å². The van der Waals surface area contributed by atoms with E-state index in [9.17, 15) is 9.90 Å². The number of carbonyl (C=O) groups is 1. The van der Waals surface area contributed by atoms with Crippen molar-refractivity contribution < 1.29 is 15.0 Å². The maximum Gasteiger partial charge on any atom is 0.337 e. The highest BCUT2D eigenvalue weighted by Gasteiger charge is 2.43. The number of nitrogens with zero attached hydrogens (tertiary/aromatic N) is 1. The first-order chi connectivity index (χ1) is 7.53. The van der Waals surface area contributed by atoms with Crippen molar-refractivity contribution in [1.82, 2.24) is 0 Å². The summed E-state index contributed by atoms with van der Waals surface area (Å²) in [7, 11) is 0. The Hall–Kier alpha value is -1.26. The van der Waals surface area contributed by atoms with Crippen LogP contribution in [0.15, 0.2) is 24.3 Å². The Kier molecular flexibility index (Phi) is 2.78. The van der Waals surface area contributed by atoms with Gasteiger partial charge in [0.2, 0.25) is 0 Å². The molecule has 1 saturated heterocycles. The van der Waals surface area contributed by atoms with Crippen LogP contribution in [0.25, 0.3) is 0 Å². The van der Waals surface area contributed by atoms with Crippen LogP contribution in [0.1, 0.15) is 6.42 Å². The van der Waals surface area contributed by atoms with E-state index in [1.54, 1.807) is 11.0 Å². The van der Waals surface area contributed by atoms with E-state index < -0.39 is 11.6 Å². The number of hydrogen-bond acceptors (Lipinski definition) is 3. The molecule has 0 radical (unpaired) electrons. The summed E-state index contributed by atoms with van der Waals surface area (Å²) >= 11 is 6.01. The van der Waals surface area contributed by atoms with Gasteiger partial charge in [0.05, 0.1) is 17.3 Å². The molecular formula is C11H12ClNO3. The average Bonchev–Trinajstić information content (AvgIpc) is 2.63. The lowest BCUT2D eigenvalue weighted by Gasteiger charge is -2.21. The van der Waals surface area contributed by atoms with Gasteiger partial charge in [-0.05, 0) is 12.1 Å². The van der Waals surface area contributed by atoms with Crippen LogP contribution >= 0.6 is 11.6 Å². The van der Waals surface area contributed by atoms with Crippen LogP contribution in [0.5, 0.6) is 0 Å². The minimum absolute atomic E-state index is 0.0755. The van der Waals surface area contributed by atoms with E-state index in [0.717, 1.165) is 5.69 Å². The van der Waals surface area contributed by atoms with Gasteiger partial charge in [-0.25, -0.2) is 4.79 Å². The summed E-state index contributed by atoms with van der Waals surface area (Å²) < 4.78 is 0. The molecule has 0 bridgehead atoms. The monoisotopic (exact) mass is 241 g/mol. The Morgan fingerprint density at radius 2 is 2.12 bits per heavy atom. The number of carboxylic acid groups (broad SMARTS) is 1. The number of hydrogen-bond donors (Lipinski definition) is 2. The SMILES string of the molecule is O=C(O)C1(O)CCN(c2ccccc2Cl)C1. The Labute approximate surface area is 98.1 Å². The fraction of sp³-hybridized carbons (Fsp3) is 0.364. The standard InChI is InChI=1S/C11H12ClNO3/c12-8-3-1-2-4-9(8)13-6-5-11(16,7-13)10(14)15/h1-4,16H,5-7H2,(H,14,15). The molecule has 2 rings (SSSR count). The second-order valence-electron chi connectivity index (χ2n) is 3.96. The van der Waals surface area contributed by atoms with Crippen molar-refractivity contribution in [3.8, 4) is 0 Å². The van der Waals surface area contributed by atoms with Gasteiger partial charge in [0.25, 0.3) is 0 Å². The van der Waals surface area contributed by atoms with Crippen LogP contribution in [-0.2, 0) is 4.79 Å². The molecule has 4 nitrogen and oxygen atoms in total. The Morgan fingerprint density at radius 1 is 1.44 bits per heavy atom. The topological polar surface area (TPSA) is 60.8 Å². The maximum atomic E-state index is 10.9. The zero-order chi connectivity index (χ0) is 11.8. The van der Waals surface area contributed by atoms with Crippen molar-refractivity contribution in [2.75, 3.05) is 18.0 Å². The first-order valence-corrected chi connectivity index (χ1v) is 5.36. The summed E-state index contributed by atoms with van der Waals surface area (Å²) in [6.07, 6.45) is 0.216. The lowest BCUT2D eigenvalue weighted by atomic mass is 10.0. The summed E-state index contributed by atoms with van der Waals surface area (Å²) in [4.78, 5) is 12.7. The van der Waals surface area contributed by atoms with Gasteiger partial charge in [0.1, 0.15) is 0 Å². The van der Waals surface area contributed by atoms with Crippen LogP contribution in [0, 0.1) is 0 Å². The summed E-state index contributed by atoms with van der Waals surface area (Å²) in [5, 5.41) is 19.3. The summed E-state index contributed by atoms with van der Waals surface area (Å²) in [6, 6.07) is 7.20. The number of benzene rings is 1. The van der Waals surface area contributed by atoms with E-state index in [-0.39, 0.29) is 13.0 Å². The lowest BCUT2D eigenvalue weighted by Crippen LogP contribution is -2.41. The van der Waals surface area contributed by atoms with Crippen molar-refractivity contribution in [3.63, 3.8) is 0 Å². The van der Waals surface area contributed by atoms with Crippen LogP contribution in [0.3, 0.4) is 0 Å². The van der Waals surface area contributed by atoms with Crippen molar-refractivity contribution in [1.29, 1.82) is 0 Å².